The SMILES string of the molecule is CCOC(=O)c1oc(-c2nc(C)c(C)n2C)nc1C. The highest BCUT2D eigenvalue weighted by atomic mass is 16.5. The van der Waals surface area contributed by atoms with Crippen molar-refractivity contribution in [3.05, 3.63) is 22.8 Å². The number of carbonyl (C=O) groups is 1. The number of rotatable bonds is 3. The molecule has 2 aromatic heterocycles. The number of hydrogen-bond donors (Lipinski definition) is 0. The maximum Gasteiger partial charge on any atom is 0.376 e. The van der Waals surface area contributed by atoms with Crippen LogP contribution in [-0.4, -0.2) is 27.1 Å². The van der Waals surface area contributed by atoms with E-state index in [0.29, 0.717) is 24.0 Å². The molecule has 0 aliphatic rings. The Morgan fingerprint density at radius 2 is 1.95 bits per heavy atom. The third kappa shape index (κ3) is 2.25. The first-order valence-corrected chi connectivity index (χ1v) is 6.10. The Kier molecular flexibility index (Phi) is 3.42. The summed E-state index contributed by atoms with van der Waals surface area (Å²) in [5, 5.41) is 0. The maximum absolute atomic E-state index is 11.7. The minimum Gasteiger partial charge on any atom is -0.460 e. The van der Waals surface area contributed by atoms with Gasteiger partial charge in [0.1, 0.15) is 0 Å². The highest BCUT2D eigenvalue weighted by Crippen LogP contribution is 2.23. The van der Waals surface area contributed by atoms with Crippen LogP contribution in [0.5, 0.6) is 0 Å². The summed E-state index contributed by atoms with van der Waals surface area (Å²) in [4.78, 5) is 20.3. The summed E-state index contributed by atoms with van der Waals surface area (Å²) in [5.74, 6) is 0.574. The van der Waals surface area contributed by atoms with Crippen molar-refractivity contribution in [3.63, 3.8) is 0 Å². The van der Waals surface area contributed by atoms with Gasteiger partial charge in [-0.2, -0.15) is 0 Å². The van der Waals surface area contributed by atoms with Crippen LogP contribution >= 0.6 is 0 Å². The van der Waals surface area contributed by atoms with Crippen molar-refractivity contribution in [2.24, 2.45) is 7.05 Å². The molecule has 0 spiro atoms. The smallest absolute Gasteiger partial charge is 0.376 e. The van der Waals surface area contributed by atoms with Crippen LogP contribution < -0.4 is 0 Å². The summed E-state index contributed by atoms with van der Waals surface area (Å²) < 4.78 is 12.3. The molecule has 0 N–H and O–H groups in total. The van der Waals surface area contributed by atoms with E-state index in [1.54, 1.807) is 13.8 Å². The van der Waals surface area contributed by atoms with E-state index < -0.39 is 5.97 Å². The fourth-order valence-electron chi connectivity index (χ4n) is 1.79. The Hall–Kier alpha value is -2.11. The van der Waals surface area contributed by atoms with E-state index in [9.17, 15) is 4.79 Å². The van der Waals surface area contributed by atoms with Crippen LogP contribution in [0.4, 0.5) is 0 Å². The van der Waals surface area contributed by atoms with Crippen LogP contribution in [0.25, 0.3) is 11.7 Å². The van der Waals surface area contributed by atoms with Gasteiger partial charge in [-0.15, -0.1) is 0 Å². The van der Waals surface area contributed by atoms with Gasteiger partial charge < -0.3 is 13.7 Å². The van der Waals surface area contributed by atoms with Gasteiger partial charge in [0, 0.05) is 12.7 Å². The lowest BCUT2D eigenvalue weighted by atomic mass is 10.4. The molecule has 0 saturated heterocycles. The van der Waals surface area contributed by atoms with E-state index in [0.717, 1.165) is 11.4 Å². The van der Waals surface area contributed by atoms with Gasteiger partial charge in [0.15, 0.2) is 5.82 Å². The molecule has 0 aliphatic carbocycles. The Morgan fingerprint density at radius 3 is 2.47 bits per heavy atom. The molecule has 0 bridgehead atoms. The minimum absolute atomic E-state index is 0.134. The monoisotopic (exact) mass is 263 g/mol. The number of nitrogens with zero attached hydrogens (tertiary/aromatic N) is 3. The lowest BCUT2D eigenvalue weighted by molar-refractivity contribution is 0.0490. The second-order valence-electron chi connectivity index (χ2n) is 4.32. The average Bonchev–Trinajstić information content (AvgIpc) is 2.86. The quantitative estimate of drug-likeness (QED) is 0.794. The number of imidazole rings is 1. The largest absolute Gasteiger partial charge is 0.460 e. The first-order chi connectivity index (χ1) is 8.95. The van der Waals surface area contributed by atoms with Crippen LogP contribution in [0.1, 0.15) is 34.6 Å². The molecule has 2 heterocycles. The van der Waals surface area contributed by atoms with Crippen LogP contribution in [0.15, 0.2) is 4.42 Å². The van der Waals surface area contributed by atoms with Crippen molar-refractivity contribution < 1.29 is 13.9 Å². The number of ether oxygens (including phenoxy) is 1. The molecule has 0 aliphatic heterocycles. The number of esters is 1. The predicted molar refractivity (Wildman–Crippen MR) is 68.9 cm³/mol. The van der Waals surface area contributed by atoms with Crippen molar-refractivity contribution in [3.8, 4) is 11.7 Å². The summed E-state index contributed by atoms with van der Waals surface area (Å²) >= 11 is 0. The minimum atomic E-state index is -0.499. The zero-order valence-electron chi connectivity index (χ0n) is 11.8. The fourth-order valence-corrected chi connectivity index (χ4v) is 1.79. The molecular formula is C13H17N3O3. The number of oxazole rings is 1. The highest BCUT2D eigenvalue weighted by molar-refractivity contribution is 5.87. The Bertz CT molecular complexity index is 625. The topological polar surface area (TPSA) is 70.2 Å². The van der Waals surface area contributed by atoms with Gasteiger partial charge in [-0.25, -0.2) is 14.8 Å². The van der Waals surface area contributed by atoms with E-state index in [1.807, 2.05) is 25.5 Å². The molecule has 19 heavy (non-hydrogen) atoms. The third-order valence-electron chi connectivity index (χ3n) is 3.07. The summed E-state index contributed by atoms with van der Waals surface area (Å²) in [6.45, 7) is 7.64. The average molecular weight is 263 g/mol. The molecule has 6 heteroatoms. The van der Waals surface area contributed by atoms with E-state index in [2.05, 4.69) is 9.97 Å². The second-order valence-corrected chi connectivity index (χ2v) is 4.32. The van der Waals surface area contributed by atoms with Gasteiger partial charge in [0.05, 0.1) is 18.0 Å². The van der Waals surface area contributed by atoms with Crippen molar-refractivity contribution in [2.45, 2.75) is 27.7 Å². The molecule has 0 radical (unpaired) electrons. The molecule has 2 aromatic rings. The van der Waals surface area contributed by atoms with Gasteiger partial charge in [0.2, 0.25) is 5.76 Å². The normalized spacial score (nSPS) is 10.8. The van der Waals surface area contributed by atoms with E-state index >= 15 is 0 Å². The van der Waals surface area contributed by atoms with Gasteiger partial charge in [-0.3, -0.25) is 0 Å². The first-order valence-electron chi connectivity index (χ1n) is 6.10. The zero-order valence-corrected chi connectivity index (χ0v) is 11.8. The molecule has 0 saturated carbocycles. The predicted octanol–water partition coefficient (Wildman–Crippen LogP) is 2.18. The van der Waals surface area contributed by atoms with E-state index in [-0.39, 0.29) is 5.76 Å². The van der Waals surface area contributed by atoms with Crippen LogP contribution in [-0.2, 0) is 11.8 Å². The molecule has 0 fully saturated rings. The second kappa shape index (κ2) is 4.87. The standard InChI is InChI=1S/C13H17N3O3/c1-6-18-13(17)10-8(3)15-12(19-10)11-14-7(2)9(4)16(11)5/h6H2,1-5H3. The number of carbonyl (C=O) groups excluding carboxylic acids is 1. The Labute approximate surface area is 111 Å². The lowest BCUT2D eigenvalue weighted by Gasteiger charge is -1.99. The summed E-state index contributed by atoms with van der Waals surface area (Å²) in [5.41, 5.74) is 2.45. The van der Waals surface area contributed by atoms with Crippen molar-refractivity contribution in [2.75, 3.05) is 6.61 Å². The lowest BCUT2D eigenvalue weighted by Crippen LogP contribution is -2.04. The highest BCUT2D eigenvalue weighted by Gasteiger charge is 2.22. The molecule has 0 aromatic carbocycles. The number of aromatic nitrogens is 3. The van der Waals surface area contributed by atoms with Crippen LogP contribution in [0.3, 0.4) is 0 Å². The summed E-state index contributed by atoms with van der Waals surface area (Å²) in [6.07, 6.45) is 0. The van der Waals surface area contributed by atoms with Crippen LogP contribution in [0, 0.1) is 20.8 Å². The molecule has 0 amide bonds. The maximum atomic E-state index is 11.7. The Balaban J connectivity index is 2.44. The molecular weight excluding hydrogens is 246 g/mol. The third-order valence-corrected chi connectivity index (χ3v) is 3.07. The van der Waals surface area contributed by atoms with E-state index in [1.165, 1.54) is 0 Å². The fraction of sp³-hybridized carbons (Fsp3) is 0.462. The molecule has 0 unspecified atom stereocenters. The molecule has 102 valence electrons. The number of hydrogen-bond acceptors (Lipinski definition) is 5. The van der Waals surface area contributed by atoms with Crippen molar-refractivity contribution in [1.29, 1.82) is 0 Å². The summed E-state index contributed by atoms with van der Waals surface area (Å²) in [6, 6.07) is 0. The Morgan fingerprint density at radius 1 is 1.26 bits per heavy atom. The van der Waals surface area contributed by atoms with Crippen LogP contribution in [0.2, 0.25) is 0 Å². The van der Waals surface area contributed by atoms with Gasteiger partial charge in [-0.1, -0.05) is 0 Å². The van der Waals surface area contributed by atoms with Gasteiger partial charge in [-0.05, 0) is 27.7 Å². The van der Waals surface area contributed by atoms with E-state index in [4.69, 9.17) is 9.15 Å². The molecule has 2 rings (SSSR count). The van der Waals surface area contributed by atoms with Gasteiger partial charge in [0.25, 0.3) is 5.89 Å². The molecule has 0 atom stereocenters. The van der Waals surface area contributed by atoms with Gasteiger partial charge >= 0.3 is 5.97 Å². The zero-order chi connectivity index (χ0) is 14.2. The van der Waals surface area contributed by atoms with Crippen molar-refractivity contribution >= 4 is 5.97 Å². The number of aryl methyl sites for hydroxylation is 2. The van der Waals surface area contributed by atoms with Crippen molar-refractivity contribution in [1.82, 2.24) is 14.5 Å². The first kappa shape index (κ1) is 13.3. The molecule has 6 nitrogen and oxygen atoms in total. The summed E-state index contributed by atoms with van der Waals surface area (Å²) in [7, 11) is 1.88.